The molecule has 0 saturated carbocycles. The van der Waals surface area contributed by atoms with E-state index >= 15 is 0 Å². The molecule has 0 spiro atoms. The fourth-order valence-electron chi connectivity index (χ4n) is 1.23. The van der Waals surface area contributed by atoms with Crippen molar-refractivity contribution in [3.8, 4) is 5.75 Å². The quantitative estimate of drug-likeness (QED) is 0.642. The maximum absolute atomic E-state index is 10.8. The zero-order chi connectivity index (χ0) is 11.6. The standard InChI is InChI=1S/C10H11NO4/c1-5-3-7(10(14)15)9(13)8(4-5)11-6(2)12/h3-4,13H,1-2H3,(H,11,12)(H,14,15). The van der Waals surface area contributed by atoms with E-state index in [0.29, 0.717) is 5.56 Å². The molecule has 0 atom stereocenters. The number of aromatic hydroxyl groups is 1. The zero-order valence-corrected chi connectivity index (χ0v) is 8.37. The summed E-state index contributed by atoms with van der Waals surface area (Å²) in [5, 5.41) is 20.7. The minimum Gasteiger partial charge on any atom is -0.505 e. The summed E-state index contributed by atoms with van der Waals surface area (Å²) in [5.41, 5.74) is 0.535. The van der Waals surface area contributed by atoms with Crippen LogP contribution >= 0.6 is 0 Å². The maximum atomic E-state index is 10.8. The summed E-state index contributed by atoms with van der Waals surface area (Å²) in [6.07, 6.45) is 0. The Morgan fingerprint density at radius 3 is 2.40 bits per heavy atom. The van der Waals surface area contributed by atoms with Crippen LogP contribution in [0.5, 0.6) is 5.75 Å². The van der Waals surface area contributed by atoms with Crippen LogP contribution in [0.1, 0.15) is 22.8 Å². The lowest BCUT2D eigenvalue weighted by atomic mass is 10.1. The van der Waals surface area contributed by atoms with Crippen molar-refractivity contribution in [1.82, 2.24) is 0 Å². The minimum atomic E-state index is -1.23. The second-order valence-electron chi connectivity index (χ2n) is 3.19. The maximum Gasteiger partial charge on any atom is 0.339 e. The minimum absolute atomic E-state index is 0.111. The van der Waals surface area contributed by atoms with Gasteiger partial charge in [0.25, 0.3) is 0 Å². The molecule has 0 bridgehead atoms. The van der Waals surface area contributed by atoms with Crippen molar-refractivity contribution in [2.45, 2.75) is 13.8 Å². The number of benzene rings is 1. The van der Waals surface area contributed by atoms with Gasteiger partial charge in [-0.15, -0.1) is 0 Å². The van der Waals surface area contributed by atoms with Crippen molar-refractivity contribution in [1.29, 1.82) is 0 Å². The highest BCUT2D eigenvalue weighted by atomic mass is 16.4. The summed E-state index contributed by atoms with van der Waals surface area (Å²) in [4.78, 5) is 21.5. The number of nitrogens with one attached hydrogen (secondary N) is 1. The Labute approximate surface area is 86.4 Å². The highest BCUT2D eigenvalue weighted by Crippen LogP contribution is 2.29. The van der Waals surface area contributed by atoms with Crippen LogP contribution in [0.3, 0.4) is 0 Å². The molecule has 1 aromatic rings. The summed E-state index contributed by atoms with van der Waals surface area (Å²) in [7, 11) is 0. The first-order chi connectivity index (χ1) is 6.91. The molecule has 0 aliphatic rings. The van der Waals surface area contributed by atoms with Crippen LogP contribution in [-0.2, 0) is 4.79 Å². The first-order valence-electron chi connectivity index (χ1n) is 4.26. The number of phenols is 1. The van der Waals surface area contributed by atoms with Gasteiger partial charge in [0.2, 0.25) is 5.91 Å². The molecule has 1 amide bonds. The van der Waals surface area contributed by atoms with E-state index in [1.165, 1.54) is 19.1 Å². The van der Waals surface area contributed by atoms with E-state index in [1.54, 1.807) is 6.92 Å². The Balaban J connectivity index is 3.28. The van der Waals surface area contributed by atoms with Crippen LogP contribution in [-0.4, -0.2) is 22.1 Å². The Hall–Kier alpha value is -2.04. The van der Waals surface area contributed by atoms with Crippen LogP contribution in [0.2, 0.25) is 0 Å². The van der Waals surface area contributed by atoms with Crippen molar-refractivity contribution in [2.24, 2.45) is 0 Å². The Bertz CT molecular complexity index is 426. The van der Waals surface area contributed by atoms with Gasteiger partial charge in [-0.3, -0.25) is 4.79 Å². The van der Waals surface area contributed by atoms with E-state index in [0.717, 1.165) is 0 Å². The number of hydrogen-bond donors (Lipinski definition) is 3. The Morgan fingerprint density at radius 2 is 1.93 bits per heavy atom. The number of anilines is 1. The van der Waals surface area contributed by atoms with E-state index in [2.05, 4.69) is 5.32 Å². The summed E-state index contributed by atoms with van der Waals surface area (Å²) in [6.45, 7) is 2.96. The molecular weight excluding hydrogens is 198 g/mol. The number of carboxylic acid groups (broad SMARTS) is 1. The number of aryl methyl sites for hydroxylation is 1. The molecule has 1 rings (SSSR count). The molecule has 5 heteroatoms. The lowest BCUT2D eigenvalue weighted by molar-refractivity contribution is -0.114. The van der Waals surface area contributed by atoms with Crippen molar-refractivity contribution in [3.05, 3.63) is 23.3 Å². The first kappa shape index (κ1) is 11.0. The molecule has 80 valence electrons. The average molecular weight is 209 g/mol. The summed E-state index contributed by atoms with van der Waals surface area (Å²) >= 11 is 0. The Kier molecular flexibility index (Phi) is 2.94. The van der Waals surface area contributed by atoms with Gasteiger partial charge in [0, 0.05) is 6.92 Å². The van der Waals surface area contributed by atoms with Gasteiger partial charge in [0.05, 0.1) is 5.69 Å². The molecule has 0 aliphatic heterocycles. The number of carbonyl (C=O) groups is 2. The van der Waals surface area contributed by atoms with Crippen LogP contribution < -0.4 is 5.32 Å². The number of amides is 1. The normalized spacial score (nSPS) is 9.73. The molecule has 15 heavy (non-hydrogen) atoms. The smallest absolute Gasteiger partial charge is 0.339 e. The third-order valence-electron chi connectivity index (χ3n) is 1.80. The van der Waals surface area contributed by atoms with Crippen LogP contribution in [0, 0.1) is 6.92 Å². The van der Waals surface area contributed by atoms with Gasteiger partial charge in [0.1, 0.15) is 5.56 Å². The van der Waals surface area contributed by atoms with Crippen molar-refractivity contribution in [2.75, 3.05) is 5.32 Å². The fourth-order valence-corrected chi connectivity index (χ4v) is 1.23. The predicted octanol–water partition coefficient (Wildman–Crippen LogP) is 1.36. The van der Waals surface area contributed by atoms with E-state index in [-0.39, 0.29) is 17.2 Å². The Morgan fingerprint density at radius 1 is 1.33 bits per heavy atom. The second-order valence-corrected chi connectivity index (χ2v) is 3.19. The van der Waals surface area contributed by atoms with Crippen LogP contribution in [0.25, 0.3) is 0 Å². The third kappa shape index (κ3) is 2.46. The van der Waals surface area contributed by atoms with E-state index in [9.17, 15) is 14.7 Å². The summed E-state index contributed by atoms with van der Waals surface area (Å²) in [6, 6.07) is 2.84. The molecule has 0 radical (unpaired) electrons. The SMILES string of the molecule is CC(=O)Nc1cc(C)cc(C(=O)O)c1O. The molecule has 0 unspecified atom stereocenters. The number of rotatable bonds is 2. The number of carboxylic acids is 1. The summed E-state index contributed by atoms with van der Waals surface area (Å²) < 4.78 is 0. The highest BCUT2D eigenvalue weighted by Gasteiger charge is 2.14. The van der Waals surface area contributed by atoms with Gasteiger partial charge >= 0.3 is 5.97 Å². The van der Waals surface area contributed by atoms with Gasteiger partial charge in [-0.05, 0) is 24.6 Å². The molecule has 5 nitrogen and oxygen atoms in total. The van der Waals surface area contributed by atoms with Gasteiger partial charge in [-0.25, -0.2) is 4.79 Å². The molecule has 0 fully saturated rings. The molecule has 0 heterocycles. The van der Waals surface area contributed by atoms with Gasteiger partial charge in [-0.1, -0.05) is 0 Å². The lowest BCUT2D eigenvalue weighted by Gasteiger charge is -2.08. The molecule has 3 N–H and O–H groups in total. The topological polar surface area (TPSA) is 86.6 Å². The van der Waals surface area contributed by atoms with Gasteiger partial charge in [-0.2, -0.15) is 0 Å². The van der Waals surface area contributed by atoms with E-state index in [1.807, 2.05) is 0 Å². The van der Waals surface area contributed by atoms with Crippen molar-refractivity contribution in [3.63, 3.8) is 0 Å². The monoisotopic (exact) mass is 209 g/mol. The highest BCUT2D eigenvalue weighted by molar-refractivity contribution is 5.97. The lowest BCUT2D eigenvalue weighted by Crippen LogP contribution is -2.08. The molecule has 0 aromatic heterocycles. The van der Waals surface area contributed by atoms with Crippen molar-refractivity contribution < 1.29 is 19.8 Å². The van der Waals surface area contributed by atoms with Crippen LogP contribution in [0.15, 0.2) is 12.1 Å². The molecule has 0 saturated heterocycles. The number of carbonyl (C=O) groups excluding carboxylic acids is 1. The molecular formula is C10H11NO4. The largest absolute Gasteiger partial charge is 0.505 e. The molecule has 0 aliphatic carbocycles. The number of hydrogen-bond acceptors (Lipinski definition) is 3. The summed E-state index contributed by atoms with van der Waals surface area (Å²) in [5.74, 6) is -2.03. The fraction of sp³-hybridized carbons (Fsp3) is 0.200. The van der Waals surface area contributed by atoms with E-state index < -0.39 is 11.7 Å². The molecule has 1 aromatic carbocycles. The van der Waals surface area contributed by atoms with Gasteiger partial charge in [0.15, 0.2) is 5.75 Å². The van der Waals surface area contributed by atoms with Gasteiger partial charge < -0.3 is 15.5 Å². The second kappa shape index (κ2) is 4.00. The third-order valence-corrected chi connectivity index (χ3v) is 1.80. The zero-order valence-electron chi connectivity index (χ0n) is 8.37. The number of aromatic carboxylic acids is 1. The predicted molar refractivity (Wildman–Crippen MR) is 54.1 cm³/mol. The van der Waals surface area contributed by atoms with Crippen molar-refractivity contribution >= 4 is 17.6 Å². The average Bonchev–Trinajstić information content (AvgIpc) is 2.09. The first-order valence-corrected chi connectivity index (χ1v) is 4.26. The van der Waals surface area contributed by atoms with Crippen LogP contribution in [0.4, 0.5) is 5.69 Å². The van der Waals surface area contributed by atoms with E-state index in [4.69, 9.17) is 5.11 Å².